The summed E-state index contributed by atoms with van der Waals surface area (Å²) in [6, 6.07) is 11.6. The van der Waals surface area contributed by atoms with Crippen LogP contribution in [-0.2, 0) is 23.1 Å². The Bertz CT molecular complexity index is 642. The van der Waals surface area contributed by atoms with Crippen LogP contribution in [0.5, 0.6) is 0 Å². The van der Waals surface area contributed by atoms with Gasteiger partial charge in [-0.2, -0.15) is 5.10 Å². The predicted molar refractivity (Wildman–Crippen MR) is 84.9 cm³/mol. The number of ether oxygens (including phenoxy) is 2. The van der Waals surface area contributed by atoms with E-state index in [1.165, 1.54) is 0 Å². The molecule has 2 atom stereocenters. The van der Waals surface area contributed by atoms with Crippen molar-refractivity contribution < 1.29 is 14.3 Å². The summed E-state index contributed by atoms with van der Waals surface area (Å²) in [5, 5.41) is 7.02. The maximum Gasteiger partial charge on any atom is 0.269 e. The molecule has 6 heteroatoms. The van der Waals surface area contributed by atoms with Crippen LogP contribution in [0.15, 0.2) is 42.6 Å². The number of carbonyl (C=O) groups is 1. The van der Waals surface area contributed by atoms with Crippen molar-refractivity contribution in [3.8, 4) is 0 Å². The molecule has 1 saturated heterocycles. The second-order valence-corrected chi connectivity index (χ2v) is 5.62. The van der Waals surface area contributed by atoms with Gasteiger partial charge in [-0.25, -0.2) is 0 Å². The fourth-order valence-electron chi connectivity index (χ4n) is 2.67. The molecule has 1 fully saturated rings. The van der Waals surface area contributed by atoms with Crippen LogP contribution in [0.1, 0.15) is 22.5 Å². The molecule has 1 N–H and O–H groups in total. The highest BCUT2D eigenvalue weighted by molar-refractivity contribution is 5.92. The van der Waals surface area contributed by atoms with Crippen LogP contribution in [0.3, 0.4) is 0 Å². The number of aryl methyl sites for hydroxylation is 1. The standard InChI is InChI=1S/C17H21N3O3/c1-20-15(7-9-18-20)17(21)19-14-12-22-10-8-16(14)23-11-13-5-3-2-4-6-13/h2-7,9,14,16H,8,10-12H2,1H3,(H,19,21)/t14-,16+/m1/s1. The number of benzene rings is 1. The Morgan fingerprint density at radius 2 is 2.22 bits per heavy atom. The minimum Gasteiger partial charge on any atom is -0.379 e. The van der Waals surface area contributed by atoms with Gasteiger partial charge in [0.1, 0.15) is 5.69 Å². The van der Waals surface area contributed by atoms with E-state index in [4.69, 9.17) is 9.47 Å². The maximum atomic E-state index is 12.3. The third kappa shape index (κ3) is 3.97. The molecule has 1 amide bonds. The molecule has 0 spiro atoms. The number of hydrogen-bond acceptors (Lipinski definition) is 4. The van der Waals surface area contributed by atoms with Gasteiger partial charge in [0.05, 0.1) is 25.4 Å². The summed E-state index contributed by atoms with van der Waals surface area (Å²) in [4.78, 5) is 12.3. The average molecular weight is 315 g/mol. The van der Waals surface area contributed by atoms with Crippen molar-refractivity contribution in [2.45, 2.75) is 25.2 Å². The number of nitrogens with one attached hydrogen (secondary N) is 1. The highest BCUT2D eigenvalue weighted by Gasteiger charge is 2.28. The monoisotopic (exact) mass is 315 g/mol. The summed E-state index contributed by atoms with van der Waals surface area (Å²) >= 11 is 0. The molecule has 0 radical (unpaired) electrons. The minimum atomic E-state index is -0.159. The largest absolute Gasteiger partial charge is 0.379 e. The number of aromatic nitrogens is 2. The molecule has 0 unspecified atom stereocenters. The quantitative estimate of drug-likeness (QED) is 0.908. The zero-order valence-electron chi connectivity index (χ0n) is 13.1. The van der Waals surface area contributed by atoms with Gasteiger partial charge < -0.3 is 14.8 Å². The Kier molecular flexibility index (Phi) is 5.05. The zero-order valence-corrected chi connectivity index (χ0v) is 13.1. The van der Waals surface area contributed by atoms with Gasteiger partial charge in [-0.15, -0.1) is 0 Å². The molecular weight excluding hydrogens is 294 g/mol. The summed E-state index contributed by atoms with van der Waals surface area (Å²) in [6.07, 6.45) is 2.32. The van der Waals surface area contributed by atoms with Gasteiger partial charge in [-0.1, -0.05) is 30.3 Å². The second-order valence-electron chi connectivity index (χ2n) is 5.62. The molecule has 6 nitrogen and oxygen atoms in total. The van der Waals surface area contributed by atoms with E-state index in [0.717, 1.165) is 12.0 Å². The molecule has 2 aromatic rings. The molecule has 0 saturated carbocycles. The van der Waals surface area contributed by atoms with Crippen molar-refractivity contribution in [1.29, 1.82) is 0 Å². The van der Waals surface area contributed by atoms with E-state index in [9.17, 15) is 4.79 Å². The number of carbonyl (C=O) groups excluding carboxylic acids is 1. The van der Waals surface area contributed by atoms with E-state index in [1.807, 2.05) is 30.3 Å². The number of hydrogen-bond donors (Lipinski definition) is 1. The molecule has 122 valence electrons. The Morgan fingerprint density at radius 1 is 1.39 bits per heavy atom. The summed E-state index contributed by atoms with van der Waals surface area (Å²) in [5.74, 6) is -0.159. The average Bonchev–Trinajstić information content (AvgIpc) is 3.01. The molecule has 0 aliphatic carbocycles. The summed E-state index contributed by atoms with van der Waals surface area (Å²) in [5.41, 5.74) is 1.65. The third-order valence-corrected chi connectivity index (χ3v) is 3.97. The van der Waals surface area contributed by atoms with Crippen LogP contribution in [0.25, 0.3) is 0 Å². The van der Waals surface area contributed by atoms with Crippen molar-refractivity contribution in [1.82, 2.24) is 15.1 Å². The first kappa shape index (κ1) is 15.7. The van der Waals surface area contributed by atoms with Crippen molar-refractivity contribution in [2.75, 3.05) is 13.2 Å². The fraction of sp³-hybridized carbons (Fsp3) is 0.412. The molecule has 0 bridgehead atoms. The van der Waals surface area contributed by atoms with Crippen LogP contribution < -0.4 is 5.32 Å². The first-order valence-electron chi connectivity index (χ1n) is 7.76. The Balaban J connectivity index is 1.60. The third-order valence-electron chi connectivity index (χ3n) is 3.97. The lowest BCUT2D eigenvalue weighted by Crippen LogP contribution is -2.50. The first-order chi connectivity index (χ1) is 11.2. The Hall–Kier alpha value is -2.18. The molecule has 1 aromatic carbocycles. The second kappa shape index (κ2) is 7.39. The van der Waals surface area contributed by atoms with E-state index in [1.54, 1.807) is 24.0 Å². The van der Waals surface area contributed by atoms with E-state index in [2.05, 4.69) is 10.4 Å². The van der Waals surface area contributed by atoms with Crippen LogP contribution in [0.2, 0.25) is 0 Å². The SMILES string of the molecule is Cn1nccc1C(=O)N[C@@H]1COCC[C@@H]1OCc1ccccc1. The van der Waals surface area contributed by atoms with Gasteiger partial charge in [0.25, 0.3) is 5.91 Å². The lowest BCUT2D eigenvalue weighted by molar-refractivity contribution is -0.0605. The van der Waals surface area contributed by atoms with Gasteiger partial charge >= 0.3 is 0 Å². The fourth-order valence-corrected chi connectivity index (χ4v) is 2.67. The lowest BCUT2D eigenvalue weighted by Gasteiger charge is -2.32. The highest BCUT2D eigenvalue weighted by Crippen LogP contribution is 2.15. The summed E-state index contributed by atoms with van der Waals surface area (Å²) < 4.78 is 13.1. The number of nitrogens with zero attached hydrogens (tertiary/aromatic N) is 2. The van der Waals surface area contributed by atoms with Gasteiger partial charge in [0.2, 0.25) is 0 Å². The van der Waals surface area contributed by atoms with Crippen LogP contribution in [0.4, 0.5) is 0 Å². The van der Waals surface area contributed by atoms with Crippen LogP contribution >= 0.6 is 0 Å². The van der Waals surface area contributed by atoms with E-state index in [-0.39, 0.29) is 18.1 Å². The maximum absolute atomic E-state index is 12.3. The number of rotatable bonds is 5. The van der Waals surface area contributed by atoms with Crippen molar-refractivity contribution in [3.05, 3.63) is 53.9 Å². The Labute approximate surface area is 135 Å². The molecule has 1 aliphatic heterocycles. The summed E-state index contributed by atoms with van der Waals surface area (Å²) in [7, 11) is 1.75. The predicted octanol–water partition coefficient (Wildman–Crippen LogP) is 1.52. The normalized spacial score (nSPS) is 21.1. The van der Waals surface area contributed by atoms with E-state index in [0.29, 0.717) is 25.5 Å². The lowest BCUT2D eigenvalue weighted by atomic mass is 10.1. The molecule has 3 rings (SSSR count). The minimum absolute atomic E-state index is 0.0545. The zero-order chi connectivity index (χ0) is 16.1. The molecule has 23 heavy (non-hydrogen) atoms. The molecular formula is C17H21N3O3. The van der Waals surface area contributed by atoms with Crippen molar-refractivity contribution in [2.24, 2.45) is 7.05 Å². The van der Waals surface area contributed by atoms with Crippen molar-refractivity contribution >= 4 is 5.91 Å². The molecule has 1 aromatic heterocycles. The van der Waals surface area contributed by atoms with Gasteiger partial charge in [0.15, 0.2) is 0 Å². The first-order valence-corrected chi connectivity index (χ1v) is 7.76. The van der Waals surface area contributed by atoms with E-state index >= 15 is 0 Å². The van der Waals surface area contributed by atoms with Gasteiger partial charge in [0, 0.05) is 19.9 Å². The van der Waals surface area contributed by atoms with Gasteiger partial charge in [-0.3, -0.25) is 9.48 Å². The molecule has 1 aliphatic rings. The topological polar surface area (TPSA) is 65.4 Å². The van der Waals surface area contributed by atoms with Crippen LogP contribution in [0, 0.1) is 0 Å². The van der Waals surface area contributed by atoms with Gasteiger partial charge in [-0.05, 0) is 18.1 Å². The highest BCUT2D eigenvalue weighted by atomic mass is 16.5. The summed E-state index contributed by atoms with van der Waals surface area (Å²) in [6.45, 7) is 1.64. The Morgan fingerprint density at radius 3 is 2.96 bits per heavy atom. The van der Waals surface area contributed by atoms with Crippen LogP contribution in [-0.4, -0.2) is 41.0 Å². The van der Waals surface area contributed by atoms with Crippen molar-refractivity contribution in [3.63, 3.8) is 0 Å². The number of amides is 1. The van der Waals surface area contributed by atoms with E-state index < -0.39 is 0 Å². The molecule has 2 heterocycles. The smallest absolute Gasteiger partial charge is 0.269 e.